The second-order valence-electron chi connectivity index (χ2n) is 7.38. The van der Waals surface area contributed by atoms with Crippen LogP contribution in [0.1, 0.15) is 10.4 Å². The van der Waals surface area contributed by atoms with E-state index in [0.717, 1.165) is 21.8 Å². The van der Waals surface area contributed by atoms with E-state index in [2.05, 4.69) is 15.3 Å². The summed E-state index contributed by atoms with van der Waals surface area (Å²) in [6, 6.07) is 18.5. The number of rotatable bonds is 2. The molecule has 0 aliphatic heterocycles. The van der Waals surface area contributed by atoms with Crippen LogP contribution in [-0.2, 0) is 0 Å². The molecule has 3 aromatic heterocycles. The van der Waals surface area contributed by atoms with Gasteiger partial charge in [0.25, 0.3) is 5.91 Å². The van der Waals surface area contributed by atoms with Crippen molar-refractivity contribution in [1.29, 1.82) is 0 Å². The van der Waals surface area contributed by atoms with E-state index in [-0.39, 0.29) is 11.7 Å². The SMILES string of the molecule is O=C(Nc1ccc(F)cc1)c1ccc2nc3c4ncccc4c4cccnc4c3nc2c1. The molecule has 152 valence electrons. The van der Waals surface area contributed by atoms with Gasteiger partial charge in [-0.15, -0.1) is 0 Å². The quantitative estimate of drug-likeness (QED) is 0.305. The third-order valence-electron chi connectivity index (χ3n) is 5.38. The van der Waals surface area contributed by atoms with E-state index in [1.54, 1.807) is 30.6 Å². The molecule has 0 atom stereocenters. The van der Waals surface area contributed by atoms with Crippen LogP contribution in [0.15, 0.2) is 79.1 Å². The summed E-state index contributed by atoms with van der Waals surface area (Å²) < 4.78 is 13.1. The molecule has 3 heterocycles. The number of carbonyl (C=O) groups excluding carboxylic acids is 1. The Morgan fingerprint density at radius 1 is 0.719 bits per heavy atom. The summed E-state index contributed by atoms with van der Waals surface area (Å²) in [5.74, 6) is -0.678. The summed E-state index contributed by atoms with van der Waals surface area (Å²) in [6.45, 7) is 0. The number of benzene rings is 3. The summed E-state index contributed by atoms with van der Waals surface area (Å²) >= 11 is 0. The Labute approximate surface area is 180 Å². The van der Waals surface area contributed by atoms with Crippen LogP contribution < -0.4 is 5.32 Å². The number of nitrogens with one attached hydrogen (secondary N) is 1. The molecule has 6 aromatic rings. The first-order chi connectivity index (χ1) is 15.7. The Balaban J connectivity index is 1.53. The Kier molecular flexibility index (Phi) is 4.01. The van der Waals surface area contributed by atoms with Crippen molar-refractivity contribution in [1.82, 2.24) is 19.9 Å². The average Bonchev–Trinajstić information content (AvgIpc) is 2.84. The zero-order valence-corrected chi connectivity index (χ0v) is 16.6. The Bertz CT molecular complexity index is 1680. The van der Waals surface area contributed by atoms with E-state index in [9.17, 15) is 9.18 Å². The van der Waals surface area contributed by atoms with E-state index in [1.165, 1.54) is 24.3 Å². The minimum Gasteiger partial charge on any atom is -0.322 e. The van der Waals surface area contributed by atoms with Crippen molar-refractivity contribution in [3.63, 3.8) is 0 Å². The summed E-state index contributed by atoms with van der Waals surface area (Å²) in [5, 5.41) is 4.68. The summed E-state index contributed by atoms with van der Waals surface area (Å²) in [4.78, 5) is 31.4. The van der Waals surface area contributed by atoms with Crippen LogP contribution in [0.25, 0.3) is 43.9 Å². The monoisotopic (exact) mass is 419 g/mol. The van der Waals surface area contributed by atoms with Crippen LogP contribution in [0.4, 0.5) is 10.1 Å². The minimum atomic E-state index is -0.362. The first-order valence-corrected chi connectivity index (χ1v) is 9.97. The van der Waals surface area contributed by atoms with Crippen molar-refractivity contribution in [3.8, 4) is 0 Å². The van der Waals surface area contributed by atoms with E-state index >= 15 is 0 Å². The second-order valence-corrected chi connectivity index (χ2v) is 7.38. The highest BCUT2D eigenvalue weighted by Crippen LogP contribution is 2.31. The normalized spacial score (nSPS) is 11.4. The number of anilines is 1. The largest absolute Gasteiger partial charge is 0.322 e. The van der Waals surface area contributed by atoms with E-state index in [1.807, 2.05) is 24.3 Å². The van der Waals surface area contributed by atoms with E-state index < -0.39 is 0 Å². The summed E-state index contributed by atoms with van der Waals surface area (Å²) in [6.07, 6.45) is 3.46. The standard InChI is InChI=1S/C25H14FN5O/c26-15-6-8-16(9-7-15)29-25(32)14-5-10-19-20(13-14)31-24-22-18(4-2-12-28-22)17-3-1-11-27-21(17)23(24)30-19/h1-13H,(H,29,32). The smallest absolute Gasteiger partial charge is 0.255 e. The average molecular weight is 419 g/mol. The molecule has 0 radical (unpaired) electrons. The first kappa shape index (κ1) is 18.3. The number of aromatic nitrogens is 4. The van der Waals surface area contributed by atoms with Crippen LogP contribution in [-0.4, -0.2) is 25.8 Å². The number of hydrogen-bond donors (Lipinski definition) is 1. The highest BCUT2D eigenvalue weighted by molar-refractivity contribution is 6.21. The molecule has 1 N–H and O–H groups in total. The Hall–Kier alpha value is -4.52. The highest BCUT2D eigenvalue weighted by Gasteiger charge is 2.15. The molecule has 6 rings (SSSR count). The molecule has 7 heteroatoms. The maximum absolute atomic E-state index is 13.1. The lowest BCUT2D eigenvalue weighted by atomic mass is 10.1. The number of fused-ring (bicyclic) bond motifs is 7. The van der Waals surface area contributed by atoms with Crippen molar-refractivity contribution in [3.05, 3.63) is 90.5 Å². The number of amides is 1. The number of nitrogens with zero attached hydrogens (tertiary/aromatic N) is 4. The maximum atomic E-state index is 13.1. The molecule has 32 heavy (non-hydrogen) atoms. The number of hydrogen-bond acceptors (Lipinski definition) is 5. The maximum Gasteiger partial charge on any atom is 0.255 e. The Morgan fingerprint density at radius 3 is 2.00 bits per heavy atom. The fourth-order valence-corrected chi connectivity index (χ4v) is 3.88. The zero-order chi connectivity index (χ0) is 21.7. The van der Waals surface area contributed by atoms with Gasteiger partial charge in [-0.1, -0.05) is 12.1 Å². The van der Waals surface area contributed by atoms with Gasteiger partial charge in [0, 0.05) is 34.4 Å². The van der Waals surface area contributed by atoms with Crippen LogP contribution in [0, 0.1) is 5.82 Å². The molecule has 0 aliphatic carbocycles. The van der Waals surface area contributed by atoms with Crippen molar-refractivity contribution >= 4 is 55.5 Å². The fourth-order valence-electron chi connectivity index (χ4n) is 3.88. The lowest BCUT2D eigenvalue weighted by Gasteiger charge is -2.09. The zero-order valence-electron chi connectivity index (χ0n) is 16.6. The van der Waals surface area contributed by atoms with Gasteiger partial charge in [0.1, 0.15) is 16.9 Å². The summed E-state index contributed by atoms with van der Waals surface area (Å²) in [5.41, 5.74) is 4.96. The van der Waals surface area contributed by atoms with Crippen molar-refractivity contribution in [2.24, 2.45) is 0 Å². The predicted molar refractivity (Wildman–Crippen MR) is 122 cm³/mol. The van der Waals surface area contributed by atoms with Gasteiger partial charge < -0.3 is 5.32 Å². The van der Waals surface area contributed by atoms with Gasteiger partial charge in [0.2, 0.25) is 0 Å². The van der Waals surface area contributed by atoms with Gasteiger partial charge >= 0.3 is 0 Å². The van der Waals surface area contributed by atoms with E-state index in [0.29, 0.717) is 33.3 Å². The van der Waals surface area contributed by atoms with Gasteiger partial charge in [0.15, 0.2) is 0 Å². The first-order valence-electron chi connectivity index (χ1n) is 9.97. The number of halogens is 1. The molecule has 1 amide bonds. The lowest BCUT2D eigenvalue weighted by molar-refractivity contribution is 0.102. The number of pyridine rings is 2. The van der Waals surface area contributed by atoms with Crippen LogP contribution in [0.5, 0.6) is 0 Å². The number of carbonyl (C=O) groups is 1. The molecular formula is C25H14FN5O. The molecule has 0 aliphatic rings. The predicted octanol–water partition coefficient (Wildman–Crippen LogP) is 5.27. The second kappa shape index (κ2) is 7.02. The topological polar surface area (TPSA) is 80.7 Å². The van der Waals surface area contributed by atoms with Crippen molar-refractivity contribution in [2.75, 3.05) is 5.32 Å². The van der Waals surface area contributed by atoms with Crippen LogP contribution in [0.3, 0.4) is 0 Å². The van der Waals surface area contributed by atoms with Gasteiger partial charge in [-0.05, 0) is 54.6 Å². The molecule has 0 bridgehead atoms. The Morgan fingerprint density at radius 2 is 1.34 bits per heavy atom. The fraction of sp³-hybridized carbons (Fsp3) is 0. The lowest BCUT2D eigenvalue weighted by Crippen LogP contribution is -2.12. The highest BCUT2D eigenvalue weighted by atomic mass is 19.1. The van der Waals surface area contributed by atoms with Gasteiger partial charge in [0.05, 0.1) is 22.1 Å². The van der Waals surface area contributed by atoms with Crippen LogP contribution >= 0.6 is 0 Å². The molecule has 3 aromatic carbocycles. The van der Waals surface area contributed by atoms with Crippen molar-refractivity contribution < 1.29 is 9.18 Å². The molecular weight excluding hydrogens is 405 g/mol. The van der Waals surface area contributed by atoms with Crippen LogP contribution in [0.2, 0.25) is 0 Å². The van der Waals surface area contributed by atoms with Gasteiger partial charge in [-0.2, -0.15) is 0 Å². The molecule has 0 fully saturated rings. The molecule has 0 saturated heterocycles. The molecule has 0 saturated carbocycles. The van der Waals surface area contributed by atoms with Crippen molar-refractivity contribution in [2.45, 2.75) is 0 Å². The molecule has 0 spiro atoms. The third-order valence-corrected chi connectivity index (χ3v) is 5.38. The van der Waals surface area contributed by atoms with Gasteiger partial charge in [-0.25, -0.2) is 14.4 Å². The minimum absolute atomic E-state index is 0.316. The third kappa shape index (κ3) is 2.91. The molecule has 0 unspecified atom stereocenters. The summed E-state index contributed by atoms with van der Waals surface area (Å²) in [7, 11) is 0. The van der Waals surface area contributed by atoms with Gasteiger partial charge in [-0.3, -0.25) is 14.8 Å². The molecule has 6 nitrogen and oxygen atoms in total. The van der Waals surface area contributed by atoms with E-state index in [4.69, 9.17) is 9.97 Å².